The summed E-state index contributed by atoms with van der Waals surface area (Å²) in [5.41, 5.74) is 0.875. The van der Waals surface area contributed by atoms with Crippen LogP contribution in [0.2, 0.25) is 0 Å². The Morgan fingerprint density at radius 1 is 1.44 bits per heavy atom. The smallest absolute Gasteiger partial charge is 0.332 e. The van der Waals surface area contributed by atoms with Gasteiger partial charge in [-0.3, -0.25) is 9.69 Å². The fourth-order valence-electron chi connectivity index (χ4n) is 2.84. The first-order valence-electron chi connectivity index (χ1n) is 7.70. The molecule has 2 aliphatic rings. The first-order chi connectivity index (χ1) is 12.1. The zero-order valence-electron chi connectivity index (χ0n) is 13.5. The van der Waals surface area contributed by atoms with Crippen LogP contribution in [0.3, 0.4) is 0 Å². The number of esters is 1. The summed E-state index contributed by atoms with van der Waals surface area (Å²) < 4.78 is 17.2. The Kier molecular flexibility index (Phi) is 4.02. The number of carbonyl (C=O) groups excluding carboxylic acids is 1. The van der Waals surface area contributed by atoms with Gasteiger partial charge in [0.15, 0.2) is 29.6 Å². The number of benzene rings is 1. The van der Waals surface area contributed by atoms with Crippen LogP contribution in [0.25, 0.3) is 6.08 Å². The molecule has 0 saturated carbocycles. The van der Waals surface area contributed by atoms with E-state index in [1.165, 1.54) is 24.5 Å². The number of carbonyl (C=O) groups is 1. The van der Waals surface area contributed by atoms with Crippen LogP contribution in [-0.2, 0) is 22.7 Å². The summed E-state index contributed by atoms with van der Waals surface area (Å²) >= 11 is 1.21. The Labute approximate surface area is 146 Å². The van der Waals surface area contributed by atoms with Gasteiger partial charge in [-0.15, -0.1) is 0 Å². The molecule has 1 aromatic heterocycles. The molecule has 0 amide bonds. The molecule has 25 heavy (non-hydrogen) atoms. The van der Waals surface area contributed by atoms with Gasteiger partial charge >= 0.3 is 5.97 Å². The van der Waals surface area contributed by atoms with Gasteiger partial charge in [-0.1, -0.05) is 11.3 Å². The lowest BCUT2D eigenvalue weighted by Gasteiger charge is -2.20. The number of fused-ring (bicyclic) bond motifs is 2. The van der Waals surface area contributed by atoms with Crippen molar-refractivity contribution in [2.45, 2.75) is 13.2 Å². The lowest BCUT2D eigenvalue weighted by molar-refractivity contribution is -0.938. The molecule has 0 bridgehead atoms. The first kappa shape index (κ1) is 15.9. The van der Waals surface area contributed by atoms with Crippen molar-refractivity contribution in [3.8, 4) is 11.5 Å². The number of nitrogens with zero attached hydrogens (tertiary/aromatic N) is 2. The fraction of sp³-hybridized carbons (Fsp3) is 0.312. The van der Waals surface area contributed by atoms with Crippen LogP contribution in [0.1, 0.15) is 5.56 Å². The van der Waals surface area contributed by atoms with Crippen LogP contribution in [0, 0.1) is 0 Å². The lowest BCUT2D eigenvalue weighted by Crippen LogP contribution is -3.11. The first-order valence-corrected chi connectivity index (χ1v) is 8.51. The molecule has 2 aromatic rings. The maximum atomic E-state index is 12.4. The van der Waals surface area contributed by atoms with Gasteiger partial charge in [-0.25, -0.2) is 14.4 Å². The summed E-state index contributed by atoms with van der Waals surface area (Å²) in [5.74, 6) is 0.955. The highest BCUT2D eigenvalue weighted by molar-refractivity contribution is 7.07. The zero-order valence-corrected chi connectivity index (χ0v) is 14.3. The van der Waals surface area contributed by atoms with Gasteiger partial charge < -0.3 is 14.2 Å². The second-order valence-corrected chi connectivity index (χ2v) is 6.75. The molecule has 9 heteroatoms. The number of nitrogens with one attached hydrogen (secondary N) is 1. The van der Waals surface area contributed by atoms with Gasteiger partial charge in [0.25, 0.3) is 5.56 Å². The summed E-state index contributed by atoms with van der Waals surface area (Å²) in [6.07, 6.45) is 1.21. The number of hydrogen-bond donors (Lipinski definition) is 1. The van der Waals surface area contributed by atoms with Crippen molar-refractivity contribution >= 4 is 23.4 Å². The van der Waals surface area contributed by atoms with Gasteiger partial charge in [0.1, 0.15) is 11.1 Å². The maximum Gasteiger partial charge on any atom is 0.332 e. The number of thiazole rings is 1. The standard InChI is InChI=1S/C16H15N3O5S/c1-22-14(20)5-13-15(21)19-8-18(7-17-16(19)25-13)6-10-2-3-11-12(4-10)24-9-23-11/h2-5H,6-9H2,1H3/p+1/b13-5-. The van der Waals surface area contributed by atoms with E-state index in [1.54, 1.807) is 4.57 Å². The largest absolute Gasteiger partial charge is 0.466 e. The van der Waals surface area contributed by atoms with E-state index >= 15 is 0 Å². The monoisotopic (exact) mass is 362 g/mol. The highest BCUT2D eigenvalue weighted by Crippen LogP contribution is 2.32. The van der Waals surface area contributed by atoms with Gasteiger partial charge in [-0.05, 0) is 18.2 Å². The van der Waals surface area contributed by atoms with E-state index in [4.69, 9.17) is 9.47 Å². The molecule has 4 rings (SSSR count). The third-order valence-corrected chi connectivity index (χ3v) is 5.09. The summed E-state index contributed by atoms with van der Waals surface area (Å²) in [6.45, 7) is 2.01. The third-order valence-electron chi connectivity index (χ3n) is 4.05. The quantitative estimate of drug-likeness (QED) is 0.653. The number of quaternary nitrogens is 1. The Balaban J connectivity index is 1.56. The van der Waals surface area contributed by atoms with E-state index in [0.29, 0.717) is 29.2 Å². The van der Waals surface area contributed by atoms with Crippen molar-refractivity contribution in [1.29, 1.82) is 0 Å². The average molecular weight is 362 g/mol. The van der Waals surface area contributed by atoms with E-state index in [-0.39, 0.29) is 12.4 Å². The van der Waals surface area contributed by atoms with Crippen molar-refractivity contribution in [3.63, 3.8) is 0 Å². The van der Waals surface area contributed by atoms with E-state index in [1.807, 2.05) is 18.2 Å². The number of hydrogen-bond acceptors (Lipinski definition) is 7. The van der Waals surface area contributed by atoms with E-state index in [9.17, 15) is 9.59 Å². The molecule has 8 nitrogen and oxygen atoms in total. The summed E-state index contributed by atoms with van der Waals surface area (Å²) in [5, 5.41) is 0. The minimum Gasteiger partial charge on any atom is -0.466 e. The molecule has 1 aromatic carbocycles. The molecule has 130 valence electrons. The molecule has 0 spiro atoms. The predicted octanol–water partition coefficient (Wildman–Crippen LogP) is -1.77. The Morgan fingerprint density at radius 2 is 2.28 bits per heavy atom. The zero-order chi connectivity index (χ0) is 17.4. The van der Waals surface area contributed by atoms with Gasteiger partial charge in [-0.2, -0.15) is 0 Å². The summed E-state index contributed by atoms with van der Waals surface area (Å²) in [6, 6.07) is 5.84. The Bertz CT molecular complexity index is 1010. The van der Waals surface area contributed by atoms with E-state index in [0.717, 1.165) is 22.0 Å². The summed E-state index contributed by atoms with van der Waals surface area (Å²) in [7, 11) is 1.28. The maximum absolute atomic E-state index is 12.4. The minimum absolute atomic E-state index is 0.211. The third kappa shape index (κ3) is 3.03. The molecule has 0 saturated heterocycles. The van der Waals surface area contributed by atoms with Crippen molar-refractivity contribution in [3.05, 3.63) is 43.5 Å². The second kappa shape index (κ2) is 6.34. The van der Waals surface area contributed by atoms with Crippen LogP contribution in [0.15, 0.2) is 28.0 Å². The van der Waals surface area contributed by atoms with Crippen molar-refractivity contribution in [1.82, 2.24) is 4.57 Å². The molecule has 2 aliphatic heterocycles. The highest BCUT2D eigenvalue weighted by atomic mass is 32.1. The Hall–Kier alpha value is -2.65. The van der Waals surface area contributed by atoms with Crippen LogP contribution in [0.5, 0.6) is 11.5 Å². The van der Waals surface area contributed by atoms with Gasteiger partial charge in [0.05, 0.1) is 7.11 Å². The van der Waals surface area contributed by atoms with Crippen molar-refractivity contribution in [2.75, 3.05) is 20.6 Å². The lowest BCUT2D eigenvalue weighted by atomic mass is 10.2. The van der Waals surface area contributed by atoms with Crippen LogP contribution in [-0.4, -0.2) is 31.1 Å². The normalized spacial score (nSPS) is 18.6. The minimum atomic E-state index is -0.541. The number of rotatable bonds is 3. The predicted molar refractivity (Wildman–Crippen MR) is 87.9 cm³/mol. The Morgan fingerprint density at radius 3 is 3.12 bits per heavy atom. The molecule has 0 fully saturated rings. The molecule has 0 radical (unpaired) electrons. The van der Waals surface area contributed by atoms with E-state index in [2.05, 4.69) is 9.73 Å². The number of ether oxygens (including phenoxy) is 3. The van der Waals surface area contributed by atoms with Crippen LogP contribution >= 0.6 is 11.3 Å². The van der Waals surface area contributed by atoms with Gasteiger partial charge in [0.2, 0.25) is 6.79 Å². The molecular formula is C16H16N3O5S+. The van der Waals surface area contributed by atoms with Crippen LogP contribution < -0.4 is 29.3 Å². The SMILES string of the molecule is COC(=O)/C=c1\sc2n(c1=O)C[NH+](Cc1ccc3c(c1)OCO3)CN=2. The highest BCUT2D eigenvalue weighted by Gasteiger charge is 2.20. The van der Waals surface area contributed by atoms with Gasteiger partial charge in [0, 0.05) is 11.6 Å². The van der Waals surface area contributed by atoms with Crippen LogP contribution in [0.4, 0.5) is 0 Å². The molecule has 1 unspecified atom stereocenters. The van der Waals surface area contributed by atoms with E-state index < -0.39 is 5.97 Å². The molecular weight excluding hydrogens is 346 g/mol. The molecule has 1 N–H and O–H groups in total. The van der Waals surface area contributed by atoms with Crippen molar-refractivity contribution in [2.24, 2.45) is 4.99 Å². The molecule has 1 atom stereocenters. The topological polar surface area (TPSA) is 83.6 Å². The number of aromatic nitrogens is 1. The second-order valence-electron chi connectivity index (χ2n) is 5.74. The molecule has 0 aliphatic carbocycles. The van der Waals surface area contributed by atoms with Crippen molar-refractivity contribution < 1.29 is 23.9 Å². The summed E-state index contributed by atoms with van der Waals surface area (Å²) in [4.78, 5) is 30.0. The molecule has 3 heterocycles. The average Bonchev–Trinajstić information content (AvgIpc) is 3.20. The fourth-order valence-corrected chi connectivity index (χ4v) is 3.77. The number of methoxy groups -OCH3 is 1.